The average molecular weight is 147 g/mol. The Bertz CT molecular complexity index is 138. The number of ether oxygens (including phenoxy) is 1. The van der Waals surface area contributed by atoms with E-state index in [2.05, 4.69) is 10.1 Å². The number of carboxylic acids is 1. The summed E-state index contributed by atoms with van der Waals surface area (Å²) in [5, 5.41) is 19.9. The molecule has 0 bridgehead atoms. The largest absolute Gasteiger partial charge is 0.480 e. The molecular weight excluding hydrogens is 138 g/mol. The zero-order valence-electron chi connectivity index (χ0n) is 5.28. The number of carboxylic acid groups (broad SMARTS) is 1. The molecule has 2 atom stereocenters. The minimum atomic E-state index is -1.22. The fraction of sp³-hybridized carbons (Fsp3) is 0.800. The molecule has 1 rings (SSSR count). The molecule has 0 radical (unpaired) electrons. The molecule has 5 nitrogen and oxygen atoms in total. The summed E-state index contributed by atoms with van der Waals surface area (Å²) in [6, 6.07) is -0.978. The molecular formula is C5H9NO4. The van der Waals surface area contributed by atoms with Crippen LogP contribution in [0, 0.1) is 0 Å². The third-order valence-electron chi connectivity index (χ3n) is 1.31. The summed E-state index contributed by atoms with van der Waals surface area (Å²) in [6.45, 7) is 0.818. The summed E-state index contributed by atoms with van der Waals surface area (Å²) in [5.41, 5.74) is 0. The van der Waals surface area contributed by atoms with Crippen molar-refractivity contribution in [1.29, 1.82) is 0 Å². The van der Waals surface area contributed by atoms with E-state index in [1.807, 2.05) is 0 Å². The van der Waals surface area contributed by atoms with Crippen LogP contribution < -0.4 is 5.32 Å². The van der Waals surface area contributed by atoms with Crippen LogP contribution in [0.25, 0.3) is 0 Å². The Labute approximate surface area is 57.6 Å². The van der Waals surface area contributed by atoms with Gasteiger partial charge in [0.15, 0.2) is 12.3 Å². The van der Waals surface area contributed by atoms with Gasteiger partial charge >= 0.3 is 5.97 Å². The number of carbonyl (C=O) groups is 1. The van der Waals surface area contributed by atoms with Crippen molar-refractivity contribution in [1.82, 2.24) is 5.32 Å². The number of morpholine rings is 1. The number of aliphatic carboxylic acids is 1. The maximum Gasteiger partial charge on any atom is 0.326 e. The third kappa shape index (κ3) is 1.44. The first-order chi connectivity index (χ1) is 4.72. The van der Waals surface area contributed by atoms with E-state index in [4.69, 9.17) is 10.2 Å². The molecule has 0 aromatic rings. The smallest absolute Gasteiger partial charge is 0.326 e. The van der Waals surface area contributed by atoms with Gasteiger partial charge in [-0.15, -0.1) is 0 Å². The van der Waals surface area contributed by atoms with Crippen LogP contribution in [0.3, 0.4) is 0 Å². The molecule has 1 aliphatic heterocycles. The predicted octanol–water partition coefficient (Wildman–Crippen LogP) is -1.62. The lowest BCUT2D eigenvalue weighted by atomic mass is 10.2. The molecule has 0 spiro atoms. The van der Waals surface area contributed by atoms with E-state index >= 15 is 0 Å². The molecule has 1 heterocycles. The number of aliphatic hydroxyl groups is 1. The van der Waals surface area contributed by atoms with Crippen LogP contribution in [0.1, 0.15) is 0 Å². The van der Waals surface area contributed by atoms with Crippen LogP contribution >= 0.6 is 0 Å². The van der Waals surface area contributed by atoms with Crippen LogP contribution in [-0.2, 0) is 9.53 Å². The Balaban J connectivity index is 2.47. The Kier molecular flexibility index (Phi) is 2.21. The fourth-order valence-electron chi connectivity index (χ4n) is 0.800. The number of hydrogen-bond donors (Lipinski definition) is 3. The van der Waals surface area contributed by atoms with Gasteiger partial charge in [0.2, 0.25) is 0 Å². The average Bonchev–Trinajstić information content (AvgIpc) is 1.88. The van der Waals surface area contributed by atoms with Gasteiger partial charge in [0.25, 0.3) is 0 Å². The van der Waals surface area contributed by atoms with Gasteiger partial charge in [-0.2, -0.15) is 0 Å². The van der Waals surface area contributed by atoms with Crippen LogP contribution in [0.5, 0.6) is 0 Å². The standard InChI is InChI=1S/C5H9NO4/c7-4(8)3-5(9)10-2-1-6-3/h3,5-6,9H,1-2H2,(H,7,8). The van der Waals surface area contributed by atoms with Crippen molar-refractivity contribution in [3.8, 4) is 0 Å². The molecule has 2 unspecified atom stereocenters. The summed E-state index contributed by atoms with van der Waals surface area (Å²) in [4.78, 5) is 10.3. The zero-order valence-corrected chi connectivity index (χ0v) is 5.28. The Hall–Kier alpha value is -0.650. The summed E-state index contributed by atoms with van der Waals surface area (Å²) in [6.07, 6.45) is -1.22. The van der Waals surface area contributed by atoms with E-state index in [1.54, 1.807) is 0 Å². The number of hydrogen-bond acceptors (Lipinski definition) is 4. The van der Waals surface area contributed by atoms with Crippen molar-refractivity contribution in [3.63, 3.8) is 0 Å². The van der Waals surface area contributed by atoms with Crippen molar-refractivity contribution in [2.75, 3.05) is 13.2 Å². The van der Waals surface area contributed by atoms with Gasteiger partial charge in [-0.25, -0.2) is 0 Å². The zero-order chi connectivity index (χ0) is 7.56. The van der Waals surface area contributed by atoms with Crippen molar-refractivity contribution >= 4 is 5.97 Å². The normalized spacial score (nSPS) is 33.7. The van der Waals surface area contributed by atoms with E-state index in [0.717, 1.165) is 0 Å². The number of rotatable bonds is 1. The minimum Gasteiger partial charge on any atom is -0.480 e. The van der Waals surface area contributed by atoms with Gasteiger partial charge in [0.05, 0.1) is 6.61 Å². The number of aliphatic hydroxyl groups excluding tert-OH is 1. The van der Waals surface area contributed by atoms with Gasteiger partial charge in [-0.05, 0) is 0 Å². The van der Waals surface area contributed by atoms with Gasteiger partial charge < -0.3 is 14.9 Å². The van der Waals surface area contributed by atoms with Crippen LogP contribution in [-0.4, -0.2) is 41.7 Å². The molecule has 1 aliphatic rings. The fourth-order valence-corrected chi connectivity index (χ4v) is 0.800. The van der Waals surface area contributed by atoms with E-state index < -0.39 is 18.3 Å². The van der Waals surface area contributed by atoms with Crippen molar-refractivity contribution in [2.24, 2.45) is 0 Å². The molecule has 0 amide bonds. The highest BCUT2D eigenvalue weighted by molar-refractivity contribution is 5.74. The van der Waals surface area contributed by atoms with Crippen LogP contribution in [0.2, 0.25) is 0 Å². The van der Waals surface area contributed by atoms with E-state index in [9.17, 15) is 4.79 Å². The topological polar surface area (TPSA) is 78.8 Å². The summed E-state index contributed by atoms with van der Waals surface area (Å²) in [5.74, 6) is -1.09. The molecule has 1 fully saturated rings. The summed E-state index contributed by atoms with van der Waals surface area (Å²) < 4.78 is 4.66. The molecule has 3 N–H and O–H groups in total. The first-order valence-electron chi connectivity index (χ1n) is 2.97. The predicted molar refractivity (Wildman–Crippen MR) is 31.4 cm³/mol. The molecule has 0 aliphatic carbocycles. The van der Waals surface area contributed by atoms with Crippen molar-refractivity contribution in [3.05, 3.63) is 0 Å². The Morgan fingerprint density at radius 1 is 1.70 bits per heavy atom. The highest BCUT2D eigenvalue weighted by Gasteiger charge is 2.29. The molecule has 0 saturated carbocycles. The number of nitrogens with one attached hydrogen (secondary N) is 1. The molecule has 10 heavy (non-hydrogen) atoms. The second kappa shape index (κ2) is 2.96. The maximum atomic E-state index is 10.3. The SMILES string of the molecule is O=C(O)C1NCCOC1O. The van der Waals surface area contributed by atoms with Crippen LogP contribution in [0.15, 0.2) is 0 Å². The van der Waals surface area contributed by atoms with Crippen molar-refractivity contribution in [2.45, 2.75) is 12.3 Å². The van der Waals surface area contributed by atoms with E-state index in [1.165, 1.54) is 0 Å². The molecule has 0 aromatic heterocycles. The quantitative estimate of drug-likeness (QED) is 0.415. The van der Waals surface area contributed by atoms with Gasteiger partial charge in [0, 0.05) is 6.54 Å². The maximum absolute atomic E-state index is 10.3. The lowest BCUT2D eigenvalue weighted by molar-refractivity contribution is -0.170. The highest BCUT2D eigenvalue weighted by atomic mass is 16.6. The first-order valence-corrected chi connectivity index (χ1v) is 2.97. The second-order valence-corrected chi connectivity index (χ2v) is 2.03. The van der Waals surface area contributed by atoms with E-state index in [-0.39, 0.29) is 0 Å². The minimum absolute atomic E-state index is 0.352. The second-order valence-electron chi connectivity index (χ2n) is 2.03. The lowest BCUT2D eigenvalue weighted by Crippen LogP contribution is -2.52. The van der Waals surface area contributed by atoms with Crippen LogP contribution in [0.4, 0.5) is 0 Å². The third-order valence-corrected chi connectivity index (χ3v) is 1.31. The Morgan fingerprint density at radius 3 is 2.80 bits per heavy atom. The monoisotopic (exact) mass is 147 g/mol. The van der Waals surface area contributed by atoms with Crippen molar-refractivity contribution < 1.29 is 19.7 Å². The molecule has 0 aromatic carbocycles. The molecule has 1 saturated heterocycles. The highest BCUT2D eigenvalue weighted by Crippen LogP contribution is 2.00. The molecule has 5 heteroatoms. The molecule has 58 valence electrons. The van der Waals surface area contributed by atoms with E-state index in [0.29, 0.717) is 13.2 Å². The first kappa shape index (κ1) is 7.46. The summed E-state index contributed by atoms with van der Waals surface area (Å²) >= 11 is 0. The van der Waals surface area contributed by atoms with Gasteiger partial charge in [0.1, 0.15) is 0 Å². The lowest BCUT2D eigenvalue weighted by Gasteiger charge is -2.25. The van der Waals surface area contributed by atoms with Gasteiger partial charge in [-0.1, -0.05) is 0 Å². The van der Waals surface area contributed by atoms with Gasteiger partial charge in [-0.3, -0.25) is 10.1 Å². The Morgan fingerprint density at radius 2 is 2.40 bits per heavy atom. The summed E-state index contributed by atoms with van der Waals surface area (Å²) in [7, 11) is 0.